The third-order valence-corrected chi connectivity index (χ3v) is 5.94. The van der Waals surface area contributed by atoms with Crippen molar-refractivity contribution in [1.82, 2.24) is 20.5 Å². The zero-order valence-electron chi connectivity index (χ0n) is 13.4. The molecule has 0 atom stereocenters. The average molecular weight is 351 g/mol. The lowest BCUT2D eigenvalue weighted by atomic mass is 10.1. The zero-order chi connectivity index (χ0) is 16.1. The van der Waals surface area contributed by atoms with Crippen LogP contribution in [-0.4, -0.2) is 26.8 Å². The van der Waals surface area contributed by atoms with E-state index in [4.69, 9.17) is 0 Å². The van der Waals surface area contributed by atoms with Gasteiger partial charge in [-0.2, -0.15) is 5.10 Å². The maximum absolute atomic E-state index is 12.1. The van der Waals surface area contributed by atoms with Crippen molar-refractivity contribution in [2.45, 2.75) is 56.3 Å². The number of thiazole rings is 1. The summed E-state index contributed by atoms with van der Waals surface area (Å²) in [6.07, 6.45) is 6.20. The van der Waals surface area contributed by atoms with Gasteiger partial charge in [0.05, 0.1) is 24.4 Å². The third-order valence-electron chi connectivity index (χ3n) is 3.99. The van der Waals surface area contributed by atoms with Crippen LogP contribution in [0, 0.1) is 0 Å². The van der Waals surface area contributed by atoms with E-state index in [2.05, 4.69) is 27.4 Å². The van der Waals surface area contributed by atoms with E-state index in [0.29, 0.717) is 13.0 Å². The van der Waals surface area contributed by atoms with E-state index in [0.717, 1.165) is 34.3 Å². The van der Waals surface area contributed by atoms with Gasteiger partial charge in [0.1, 0.15) is 4.34 Å². The molecule has 0 spiro atoms. The van der Waals surface area contributed by atoms with Gasteiger partial charge in [0, 0.05) is 11.1 Å². The van der Waals surface area contributed by atoms with Gasteiger partial charge in [-0.15, -0.1) is 11.3 Å². The first kappa shape index (κ1) is 16.5. The Kier molecular flexibility index (Phi) is 5.72. The maximum atomic E-state index is 12.1. The minimum atomic E-state index is 0.00807. The van der Waals surface area contributed by atoms with Gasteiger partial charge in [0.2, 0.25) is 5.91 Å². The number of carbonyl (C=O) groups is 1. The van der Waals surface area contributed by atoms with Crippen LogP contribution in [0.15, 0.2) is 9.72 Å². The first-order valence-corrected chi connectivity index (χ1v) is 10.0. The summed E-state index contributed by atoms with van der Waals surface area (Å²) in [6.45, 7) is 2.61. The number of H-pyrrole nitrogens is 1. The monoisotopic (exact) mass is 350 g/mol. The van der Waals surface area contributed by atoms with Crippen LogP contribution in [0.25, 0.3) is 0 Å². The number of nitrogens with zero attached hydrogens (tertiary/aromatic N) is 2. The molecule has 2 aromatic heterocycles. The van der Waals surface area contributed by atoms with E-state index in [-0.39, 0.29) is 5.91 Å². The summed E-state index contributed by atoms with van der Waals surface area (Å²) in [5.41, 5.74) is 4.42. The summed E-state index contributed by atoms with van der Waals surface area (Å²) in [5.74, 6) is 1.01. The fraction of sp³-hybridized carbons (Fsp3) is 0.562. The van der Waals surface area contributed by atoms with Crippen LogP contribution in [0.3, 0.4) is 0 Å². The highest BCUT2D eigenvalue weighted by Crippen LogP contribution is 2.23. The molecule has 1 aliphatic rings. The lowest BCUT2D eigenvalue weighted by molar-refractivity contribution is -0.120. The van der Waals surface area contributed by atoms with Crippen molar-refractivity contribution in [3.05, 3.63) is 28.0 Å². The van der Waals surface area contributed by atoms with Crippen LogP contribution < -0.4 is 5.32 Å². The van der Waals surface area contributed by atoms with E-state index in [1.54, 1.807) is 23.1 Å². The Balaban J connectivity index is 1.53. The standard InChI is InChI=1S/C16H22N4OS2/c1-2-22-16-18-11(10-23-16)8-15(21)17-9-14-12-6-4-3-5-7-13(12)19-20-14/h10H,2-9H2,1H3,(H,17,21)(H,19,20). The van der Waals surface area contributed by atoms with Crippen molar-refractivity contribution in [3.8, 4) is 0 Å². The number of fused-ring (bicyclic) bond motifs is 1. The summed E-state index contributed by atoms with van der Waals surface area (Å²) in [6, 6.07) is 0. The van der Waals surface area contributed by atoms with Crippen molar-refractivity contribution >= 4 is 29.0 Å². The molecule has 5 nitrogen and oxygen atoms in total. The fourth-order valence-electron chi connectivity index (χ4n) is 2.84. The summed E-state index contributed by atoms with van der Waals surface area (Å²) in [4.78, 5) is 16.6. The molecule has 0 radical (unpaired) electrons. The number of aromatic amines is 1. The van der Waals surface area contributed by atoms with Crippen molar-refractivity contribution in [3.63, 3.8) is 0 Å². The first-order valence-electron chi connectivity index (χ1n) is 8.15. The molecule has 0 fully saturated rings. The van der Waals surface area contributed by atoms with Gasteiger partial charge in [-0.1, -0.05) is 25.1 Å². The molecule has 0 aromatic carbocycles. The Morgan fingerprint density at radius 3 is 3.13 bits per heavy atom. The number of aryl methyl sites for hydroxylation is 1. The first-order chi connectivity index (χ1) is 11.3. The number of rotatable bonds is 6. The van der Waals surface area contributed by atoms with Crippen molar-refractivity contribution < 1.29 is 4.79 Å². The van der Waals surface area contributed by atoms with Gasteiger partial charge in [-0.25, -0.2) is 4.98 Å². The smallest absolute Gasteiger partial charge is 0.226 e. The van der Waals surface area contributed by atoms with Crippen molar-refractivity contribution in [1.29, 1.82) is 0 Å². The molecular formula is C16H22N4OS2. The molecule has 1 aliphatic carbocycles. The highest BCUT2D eigenvalue weighted by molar-refractivity contribution is 8.00. The van der Waals surface area contributed by atoms with Crippen LogP contribution >= 0.6 is 23.1 Å². The Bertz CT molecular complexity index is 665. The van der Waals surface area contributed by atoms with E-state index < -0.39 is 0 Å². The third kappa shape index (κ3) is 4.35. The molecule has 7 heteroatoms. The van der Waals surface area contributed by atoms with E-state index in [9.17, 15) is 4.79 Å². The summed E-state index contributed by atoms with van der Waals surface area (Å²) >= 11 is 3.32. The fourth-order valence-corrected chi connectivity index (χ4v) is 4.58. The normalized spacial score (nSPS) is 14.3. The summed E-state index contributed by atoms with van der Waals surface area (Å²) < 4.78 is 1.04. The van der Waals surface area contributed by atoms with E-state index in [1.807, 2.05) is 5.38 Å². The molecule has 2 heterocycles. The van der Waals surface area contributed by atoms with Gasteiger partial charge in [0.15, 0.2) is 0 Å². The molecule has 0 saturated heterocycles. The maximum Gasteiger partial charge on any atom is 0.226 e. The second kappa shape index (κ2) is 7.97. The minimum Gasteiger partial charge on any atom is -0.350 e. The predicted octanol–water partition coefficient (Wildman–Crippen LogP) is 3.11. The topological polar surface area (TPSA) is 70.7 Å². The Morgan fingerprint density at radius 1 is 1.39 bits per heavy atom. The van der Waals surface area contributed by atoms with Crippen LogP contribution in [0.4, 0.5) is 0 Å². The van der Waals surface area contributed by atoms with E-state index >= 15 is 0 Å². The molecule has 2 N–H and O–H groups in total. The van der Waals surface area contributed by atoms with Gasteiger partial charge < -0.3 is 5.32 Å². The molecule has 124 valence electrons. The van der Waals surface area contributed by atoms with Gasteiger partial charge in [-0.3, -0.25) is 9.89 Å². The minimum absolute atomic E-state index is 0.00807. The number of thioether (sulfide) groups is 1. The number of hydrogen-bond donors (Lipinski definition) is 2. The average Bonchev–Trinajstić information content (AvgIpc) is 3.06. The van der Waals surface area contributed by atoms with Crippen LogP contribution in [0.5, 0.6) is 0 Å². The number of amides is 1. The quantitative estimate of drug-likeness (QED) is 0.620. The zero-order valence-corrected chi connectivity index (χ0v) is 15.0. The van der Waals surface area contributed by atoms with Crippen LogP contribution in [0.2, 0.25) is 0 Å². The SMILES string of the molecule is CCSc1nc(CC(=O)NCc2n[nH]c3c2CCCCC3)cs1. The molecule has 2 aromatic rings. The molecule has 0 aliphatic heterocycles. The molecule has 0 bridgehead atoms. The molecule has 23 heavy (non-hydrogen) atoms. The summed E-state index contributed by atoms with van der Waals surface area (Å²) in [5, 5.41) is 12.5. The van der Waals surface area contributed by atoms with E-state index in [1.165, 1.54) is 30.5 Å². The highest BCUT2D eigenvalue weighted by Gasteiger charge is 2.16. The second-order valence-corrected chi connectivity index (χ2v) is 8.05. The molecule has 1 amide bonds. The number of aromatic nitrogens is 3. The van der Waals surface area contributed by atoms with Gasteiger partial charge in [-0.05, 0) is 37.0 Å². The Labute approximate surface area is 144 Å². The molecular weight excluding hydrogens is 328 g/mol. The number of carbonyl (C=O) groups excluding carboxylic acids is 1. The lowest BCUT2D eigenvalue weighted by Gasteiger charge is -2.04. The van der Waals surface area contributed by atoms with Crippen LogP contribution in [-0.2, 0) is 30.6 Å². The van der Waals surface area contributed by atoms with Crippen molar-refractivity contribution in [2.75, 3.05) is 5.75 Å². The highest BCUT2D eigenvalue weighted by atomic mass is 32.2. The summed E-state index contributed by atoms with van der Waals surface area (Å²) in [7, 11) is 0. The predicted molar refractivity (Wildman–Crippen MR) is 93.9 cm³/mol. The van der Waals surface area contributed by atoms with Crippen LogP contribution in [0.1, 0.15) is 48.8 Å². The molecule has 0 unspecified atom stereocenters. The number of nitrogens with one attached hydrogen (secondary N) is 2. The molecule has 0 saturated carbocycles. The lowest BCUT2D eigenvalue weighted by Crippen LogP contribution is -2.25. The molecule has 3 rings (SSSR count). The van der Waals surface area contributed by atoms with Gasteiger partial charge in [0.25, 0.3) is 0 Å². The largest absolute Gasteiger partial charge is 0.350 e. The number of hydrogen-bond acceptors (Lipinski definition) is 5. The van der Waals surface area contributed by atoms with Gasteiger partial charge >= 0.3 is 0 Å². The second-order valence-electron chi connectivity index (χ2n) is 5.68. The Morgan fingerprint density at radius 2 is 2.26 bits per heavy atom. The Hall–Kier alpha value is -1.34. The van der Waals surface area contributed by atoms with Crippen molar-refractivity contribution in [2.24, 2.45) is 0 Å².